The van der Waals surface area contributed by atoms with Crippen molar-refractivity contribution < 1.29 is 0 Å². The minimum absolute atomic E-state index is 0.125. The number of hydrogen-bond donors (Lipinski definition) is 1. The number of hydrogen-bond acceptors (Lipinski definition) is 2. The van der Waals surface area contributed by atoms with Crippen LogP contribution in [0.5, 0.6) is 0 Å². The highest BCUT2D eigenvalue weighted by molar-refractivity contribution is 5.54. The molecule has 2 rings (SSSR count). The number of aryl methyl sites for hydroxylation is 1. The Labute approximate surface area is 135 Å². The molecule has 1 aromatic rings. The van der Waals surface area contributed by atoms with E-state index in [0.29, 0.717) is 5.92 Å². The molecule has 22 heavy (non-hydrogen) atoms. The normalized spacial score (nSPS) is 26.4. The lowest BCUT2D eigenvalue weighted by Gasteiger charge is -2.50. The quantitative estimate of drug-likeness (QED) is 0.448. The van der Waals surface area contributed by atoms with Crippen LogP contribution in [0.4, 0.5) is 5.69 Å². The molecule has 1 aliphatic rings. The van der Waals surface area contributed by atoms with Gasteiger partial charge in [-0.05, 0) is 65.7 Å². The Kier molecular flexibility index (Phi) is 4.66. The molecule has 0 radical (unpaired) electrons. The lowest BCUT2D eigenvalue weighted by atomic mass is 9.54. The number of benzene rings is 1. The van der Waals surface area contributed by atoms with Crippen LogP contribution >= 0.6 is 0 Å². The summed E-state index contributed by atoms with van der Waals surface area (Å²) in [5.74, 6) is 0.581. The zero-order chi connectivity index (χ0) is 16.4. The number of nitrogens with one attached hydrogen (secondary N) is 1. The van der Waals surface area contributed by atoms with Crippen molar-refractivity contribution in [1.29, 1.82) is 5.26 Å². The third-order valence-electron chi connectivity index (χ3n) is 6.16. The summed E-state index contributed by atoms with van der Waals surface area (Å²) in [7, 11) is 0. The van der Waals surface area contributed by atoms with E-state index in [4.69, 9.17) is 5.26 Å². The molecule has 0 saturated heterocycles. The van der Waals surface area contributed by atoms with Gasteiger partial charge in [0.1, 0.15) is 0 Å². The van der Waals surface area contributed by atoms with Gasteiger partial charge < -0.3 is 0 Å². The van der Waals surface area contributed by atoms with Crippen LogP contribution < -0.4 is 5.32 Å². The largest absolute Gasteiger partial charge is 0.293 e. The Bertz CT molecular complexity index is 598. The number of anilines is 1. The monoisotopic (exact) mass is 296 g/mol. The van der Waals surface area contributed by atoms with Crippen LogP contribution in [-0.4, -0.2) is 0 Å². The van der Waals surface area contributed by atoms with Gasteiger partial charge in [0.05, 0.1) is 0 Å². The minimum Gasteiger partial charge on any atom is -0.293 e. The summed E-state index contributed by atoms with van der Waals surface area (Å²) in [6.07, 6.45) is 8.73. The molecule has 0 heterocycles. The fourth-order valence-electron chi connectivity index (χ4n) is 4.30. The van der Waals surface area contributed by atoms with Gasteiger partial charge in [-0.25, -0.2) is 0 Å². The predicted molar refractivity (Wildman–Crippen MR) is 93.7 cm³/mol. The SMILES string of the molecule is C=C[C@@](C)(CC)C1CCc2ccc(NC#N)cc2C1(C)CC. The van der Waals surface area contributed by atoms with Gasteiger partial charge in [0.25, 0.3) is 0 Å². The first-order valence-corrected chi connectivity index (χ1v) is 8.37. The zero-order valence-electron chi connectivity index (χ0n) is 14.4. The van der Waals surface area contributed by atoms with Crippen LogP contribution in [0, 0.1) is 22.8 Å². The van der Waals surface area contributed by atoms with E-state index in [-0.39, 0.29) is 10.8 Å². The average Bonchev–Trinajstić information content (AvgIpc) is 2.55. The van der Waals surface area contributed by atoms with Crippen molar-refractivity contribution in [3.63, 3.8) is 0 Å². The van der Waals surface area contributed by atoms with Crippen molar-refractivity contribution in [1.82, 2.24) is 0 Å². The van der Waals surface area contributed by atoms with Gasteiger partial charge in [-0.1, -0.05) is 39.8 Å². The maximum atomic E-state index is 8.89. The first-order chi connectivity index (χ1) is 10.4. The van der Waals surface area contributed by atoms with Crippen molar-refractivity contribution in [3.8, 4) is 6.19 Å². The van der Waals surface area contributed by atoms with E-state index in [0.717, 1.165) is 24.9 Å². The Balaban J connectivity index is 2.55. The molecule has 3 atom stereocenters. The van der Waals surface area contributed by atoms with Gasteiger partial charge in [-0.3, -0.25) is 5.32 Å². The van der Waals surface area contributed by atoms with Crippen molar-refractivity contribution >= 4 is 5.69 Å². The second-order valence-corrected chi connectivity index (χ2v) is 7.03. The van der Waals surface area contributed by atoms with E-state index in [1.165, 1.54) is 17.5 Å². The summed E-state index contributed by atoms with van der Waals surface area (Å²) in [5, 5.41) is 11.7. The van der Waals surface area contributed by atoms with Crippen LogP contribution in [0.1, 0.15) is 58.1 Å². The number of allylic oxidation sites excluding steroid dienone is 1. The highest BCUT2D eigenvalue weighted by Gasteiger charge is 2.46. The molecule has 0 aromatic heterocycles. The lowest BCUT2D eigenvalue weighted by Crippen LogP contribution is -2.44. The highest BCUT2D eigenvalue weighted by Crippen LogP contribution is 2.53. The summed E-state index contributed by atoms with van der Waals surface area (Å²) >= 11 is 0. The standard InChI is InChI=1S/C20H28N2/c1-6-19(4,7-2)18-12-10-15-9-11-16(22-14-21)13-17(15)20(18,5)8-3/h6,9,11,13,18,22H,1,7-8,10,12H2,2-5H3/t18?,19-,20?/m0/s1. The Morgan fingerprint density at radius 3 is 2.77 bits per heavy atom. The van der Waals surface area contributed by atoms with Crippen LogP contribution in [0.3, 0.4) is 0 Å². The molecule has 0 bridgehead atoms. The first-order valence-electron chi connectivity index (χ1n) is 8.37. The number of fused-ring (bicyclic) bond motifs is 1. The molecule has 1 N–H and O–H groups in total. The molecule has 2 nitrogen and oxygen atoms in total. The van der Waals surface area contributed by atoms with Crippen molar-refractivity contribution in [3.05, 3.63) is 42.0 Å². The van der Waals surface area contributed by atoms with E-state index >= 15 is 0 Å². The van der Waals surface area contributed by atoms with Crippen molar-refractivity contribution in [2.45, 2.75) is 58.8 Å². The Hall–Kier alpha value is -1.75. The van der Waals surface area contributed by atoms with Gasteiger partial charge >= 0.3 is 0 Å². The van der Waals surface area contributed by atoms with E-state index in [2.05, 4.69) is 57.8 Å². The number of nitrogens with zero attached hydrogens (tertiary/aromatic N) is 1. The first kappa shape index (κ1) is 16.6. The van der Waals surface area contributed by atoms with Crippen molar-refractivity contribution in [2.75, 3.05) is 5.32 Å². The highest BCUT2D eigenvalue weighted by atomic mass is 14.9. The second-order valence-electron chi connectivity index (χ2n) is 7.03. The zero-order valence-corrected chi connectivity index (χ0v) is 14.4. The van der Waals surface area contributed by atoms with Crippen molar-refractivity contribution in [2.24, 2.45) is 11.3 Å². The van der Waals surface area contributed by atoms with Gasteiger partial charge in [0.2, 0.25) is 0 Å². The van der Waals surface area contributed by atoms with E-state index in [1.54, 1.807) is 0 Å². The van der Waals surface area contributed by atoms with Gasteiger partial charge in [-0.2, -0.15) is 5.26 Å². The summed E-state index contributed by atoms with van der Waals surface area (Å²) in [4.78, 5) is 0. The maximum Gasteiger partial charge on any atom is 0.181 e. The topological polar surface area (TPSA) is 35.8 Å². The summed E-state index contributed by atoms with van der Waals surface area (Å²) in [5.41, 5.74) is 4.03. The average molecular weight is 296 g/mol. The molecule has 0 saturated carbocycles. The lowest BCUT2D eigenvalue weighted by molar-refractivity contribution is 0.114. The fourth-order valence-corrected chi connectivity index (χ4v) is 4.30. The molecule has 0 spiro atoms. The van der Waals surface area contributed by atoms with E-state index < -0.39 is 0 Å². The van der Waals surface area contributed by atoms with Gasteiger partial charge in [0, 0.05) is 5.69 Å². The fraction of sp³-hybridized carbons (Fsp3) is 0.550. The molecule has 0 aliphatic heterocycles. The molecule has 1 aromatic carbocycles. The van der Waals surface area contributed by atoms with Gasteiger partial charge in [-0.15, -0.1) is 6.58 Å². The summed E-state index contributed by atoms with van der Waals surface area (Å²) < 4.78 is 0. The summed E-state index contributed by atoms with van der Waals surface area (Å²) in [6, 6.07) is 6.40. The molecule has 2 heteroatoms. The third-order valence-corrected chi connectivity index (χ3v) is 6.16. The molecular formula is C20H28N2. The number of rotatable bonds is 5. The third kappa shape index (κ3) is 2.54. The molecule has 0 fully saturated rings. The molecule has 2 unspecified atom stereocenters. The van der Waals surface area contributed by atoms with E-state index in [1.807, 2.05) is 12.3 Å². The number of nitriles is 1. The minimum atomic E-state index is 0.125. The molecule has 0 amide bonds. The van der Waals surface area contributed by atoms with Crippen LogP contribution in [0.2, 0.25) is 0 Å². The Morgan fingerprint density at radius 1 is 1.50 bits per heavy atom. The van der Waals surface area contributed by atoms with Gasteiger partial charge in [0.15, 0.2) is 6.19 Å². The second kappa shape index (κ2) is 6.16. The predicted octanol–water partition coefficient (Wildman–Crippen LogP) is 5.41. The maximum absolute atomic E-state index is 8.89. The van der Waals surface area contributed by atoms with Crippen LogP contribution in [0.15, 0.2) is 30.9 Å². The molecular weight excluding hydrogens is 268 g/mol. The summed E-state index contributed by atoms with van der Waals surface area (Å²) in [6.45, 7) is 13.4. The van der Waals surface area contributed by atoms with E-state index in [9.17, 15) is 0 Å². The molecule has 1 aliphatic carbocycles. The smallest absolute Gasteiger partial charge is 0.181 e. The van der Waals surface area contributed by atoms with Crippen LogP contribution in [-0.2, 0) is 11.8 Å². The Morgan fingerprint density at radius 2 is 2.23 bits per heavy atom. The molecule has 118 valence electrons. The van der Waals surface area contributed by atoms with Crippen LogP contribution in [0.25, 0.3) is 0 Å².